The summed E-state index contributed by atoms with van der Waals surface area (Å²) in [6, 6.07) is 0. The molecule has 2 atom stereocenters. The Morgan fingerprint density at radius 1 is 1.18 bits per heavy atom. The number of hydrogen-bond donors (Lipinski definition) is 1. The molecule has 1 N–H and O–H groups in total. The molecule has 0 aromatic rings. The second-order valence-electron chi connectivity index (χ2n) is 4.32. The molecule has 0 aromatic carbocycles. The Labute approximate surface area is 100 Å². The van der Waals surface area contributed by atoms with E-state index in [0.717, 1.165) is 0 Å². The predicted molar refractivity (Wildman–Crippen MR) is 60.0 cm³/mol. The number of rotatable bonds is 5. The molecular weight excluding hydrogens is 222 g/mol. The van der Waals surface area contributed by atoms with Gasteiger partial charge in [-0.15, -0.1) is 0 Å². The molecule has 5 nitrogen and oxygen atoms in total. The normalized spacial score (nSPS) is 27.7. The van der Waals surface area contributed by atoms with Gasteiger partial charge in [-0.25, -0.2) is 0 Å². The maximum atomic E-state index is 12.0. The molecule has 1 saturated heterocycles. The zero-order chi connectivity index (χ0) is 12.3. The van der Waals surface area contributed by atoms with Crippen LogP contribution < -0.4 is 0 Å². The molecule has 2 rings (SSSR count). The first-order valence-corrected chi connectivity index (χ1v) is 5.94. The van der Waals surface area contributed by atoms with Gasteiger partial charge in [-0.1, -0.05) is 12.2 Å². The summed E-state index contributed by atoms with van der Waals surface area (Å²) in [5.74, 6) is -0.468. The zero-order valence-electron chi connectivity index (χ0n) is 9.67. The highest BCUT2D eigenvalue weighted by Gasteiger charge is 2.46. The van der Waals surface area contributed by atoms with Gasteiger partial charge in [0, 0.05) is 0 Å². The van der Waals surface area contributed by atoms with Gasteiger partial charge in [0.25, 0.3) is 0 Å². The highest BCUT2D eigenvalue weighted by molar-refractivity contribution is 6.05. The van der Waals surface area contributed by atoms with Gasteiger partial charge in [-0.2, -0.15) is 0 Å². The van der Waals surface area contributed by atoms with Crippen molar-refractivity contribution in [3.8, 4) is 0 Å². The standard InChI is InChI=1S/C12H17NO4/c14-6-8-17-7-5-13-11(15)9-3-1-2-4-10(9)12(13)16/h1-2,9-10,14H,3-8H2. The fourth-order valence-corrected chi connectivity index (χ4v) is 2.41. The minimum absolute atomic E-state index is 0.0446. The second kappa shape index (κ2) is 5.42. The number of carbonyl (C=O) groups is 2. The first-order chi connectivity index (χ1) is 8.25. The van der Waals surface area contributed by atoms with Crippen LogP contribution in [0.1, 0.15) is 12.8 Å². The van der Waals surface area contributed by atoms with Gasteiger partial charge >= 0.3 is 0 Å². The van der Waals surface area contributed by atoms with Crippen molar-refractivity contribution >= 4 is 11.8 Å². The van der Waals surface area contributed by atoms with Gasteiger partial charge in [0.15, 0.2) is 0 Å². The Bertz CT molecular complexity index is 313. The van der Waals surface area contributed by atoms with E-state index >= 15 is 0 Å². The van der Waals surface area contributed by atoms with Crippen molar-refractivity contribution in [3.63, 3.8) is 0 Å². The molecule has 1 fully saturated rings. The molecule has 0 radical (unpaired) electrons. The molecule has 17 heavy (non-hydrogen) atoms. The number of carbonyl (C=O) groups excluding carboxylic acids is 2. The smallest absolute Gasteiger partial charge is 0.233 e. The predicted octanol–water partition coefficient (Wildman–Crippen LogP) is -0.0535. The van der Waals surface area contributed by atoms with E-state index < -0.39 is 0 Å². The van der Waals surface area contributed by atoms with E-state index in [9.17, 15) is 9.59 Å². The van der Waals surface area contributed by atoms with Crippen LogP contribution in [0.25, 0.3) is 0 Å². The van der Waals surface area contributed by atoms with Crippen molar-refractivity contribution in [2.45, 2.75) is 12.8 Å². The zero-order valence-corrected chi connectivity index (χ0v) is 9.67. The van der Waals surface area contributed by atoms with Crippen molar-refractivity contribution in [3.05, 3.63) is 12.2 Å². The quantitative estimate of drug-likeness (QED) is 0.415. The lowest BCUT2D eigenvalue weighted by atomic mass is 9.85. The van der Waals surface area contributed by atoms with E-state index in [0.29, 0.717) is 26.0 Å². The second-order valence-corrected chi connectivity index (χ2v) is 4.32. The van der Waals surface area contributed by atoms with Gasteiger partial charge in [-0.3, -0.25) is 14.5 Å². The Morgan fingerprint density at radius 2 is 1.76 bits per heavy atom. The van der Waals surface area contributed by atoms with Crippen LogP contribution in [0.2, 0.25) is 0 Å². The summed E-state index contributed by atoms with van der Waals surface area (Å²) in [4.78, 5) is 25.3. The van der Waals surface area contributed by atoms with E-state index in [2.05, 4.69) is 0 Å². The van der Waals surface area contributed by atoms with Crippen molar-refractivity contribution in [2.24, 2.45) is 11.8 Å². The molecule has 1 aliphatic heterocycles. The number of aliphatic hydroxyl groups is 1. The molecule has 1 aliphatic carbocycles. The third-order valence-electron chi connectivity index (χ3n) is 3.29. The van der Waals surface area contributed by atoms with Crippen molar-refractivity contribution < 1.29 is 19.4 Å². The fraction of sp³-hybridized carbons (Fsp3) is 0.667. The van der Waals surface area contributed by atoms with Gasteiger partial charge in [-0.05, 0) is 12.8 Å². The van der Waals surface area contributed by atoms with Crippen LogP contribution in [0, 0.1) is 11.8 Å². The number of fused-ring (bicyclic) bond motifs is 1. The van der Waals surface area contributed by atoms with Gasteiger partial charge in [0.1, 0.15) is 0 Å². The Hall–Kier alpha value is -1.20. The van der Waals surface area contributed by atoms with Gasteiger partial charge in [0.05, 0.1) is 38.2 Å². The fourth-order valence-electron chi connectivity index (χ4n) is 2.41. The molecule has 0 bridgehead atoms. The Morgan fingerprint density at radius 3 is 2.29 bits per heavy atom. The summed E-state index contributed by atoms with van der Waals surface area (Å²) >= 11 is 0. The summed E-state index contributed by atoms with van der Waals surface area (Å²) in [5.41, 5.74) is 0. The molecule has 2 unspecified atom stereocenters. The third-order valence-corrected chi connectivity index (χ3v) is 3.29. The number of imide groups is 1. The van der Waals surface area contributed by atoms with Crippen molar-refractivity contribution in [2.75, 3.05) is 26.4 Å². The molecule has 94 valence electrons. The molecule has 2 amide bonds. The van der Waals surface area contributed by atoms with Crippen LogP contribution in [0.4, 0.5) is 0 Å². The SMILES string of the molecule is O=C1C2CC=CCC2C(=O)N1CCOCCO. The largest absolute Gasteiger partial charge is 0.394 e. The average Bonchev–Trinajstić information content (AvgIpc) is 2.60. The number of aliphatic hydroxyl groups excluding tert-OH is 1. The van der Waals surface area contributed by atoms with E-state index in [1.165, 1.54) is 4.90 Å². The third kappa shape index (κ3) is 2.40. The topological polar surface area (TPSA) is 66.8 Å². The van der Waals surface area contributed by atoms with Crippen LogP contribution in [-0.4, -0.2) is 48.2 Å². The molecular formula is C12H17NO4. The van der Waals surface area contributed by atoms with E-state index in [4.69, 9.17) is 9.84 Å². The molecule has 2 aliphatic rings. The summed E-state index contributed by atoms with van der Waals surface area (Å²) in [7, 11) is 0. The van der Waals surface area contributed by atoms with Crippen LogP contribution in [-0.2, 0) is 14.3 Å². The molecule has 5 heteroatoms. The molecule has 0 spiro atoms. The number of allylic oxidation sites excluding steroid dienone is 2. The maximum absolute atomic E-state index is 12.0. The summed E-state index contributed by atoms with van der Waals surface area (Å²) < 4.78 is 5.08. The Kier molecular flexibility index (Phi) is 3.91. The lowest BCUT2D eigenvalue weighted by molar-refractivity contribution is -0.140. The van der Waals surface area contributed by atoms with Crippen LogP contribution in [0.5, 0.6) is 0 Å². The lowest BCUT2D eigenvalue weighted by Gasteiger charge is -2.14. The van der Waals surface area contributed by atoms with Gasteiger partial charge < -0.3 is 9.84 Å². The number of likely N-dealkylation sites (tertiary alicyclic amines) is 1. The molecule has 1 heterocycles. The molecule has 0 aromatic heterocycles. The average molecular weight is 239 g/mol. The van der Waals surface area contributed by atoms with Crippen LogP contribution in [0.3, 0.4) is 0 Å². The number of nitrogens with zero attached hydrogens (tertiary/aromatic N) is 1. The summed E-state index contributed by atoms with van der Waals surface area (Å²) in [5, 5.41) is 8.55. The monoisotopic (exact) mass is 239 g/mol. The van der Waals surface area contributed by atoms with Crippen molar-refractivity contribution in [1.82, 2.24) is 4.90 Å². The number of amides is 2. The minimum atomic E-state index is -0.162. The number of ether oxygens (including phenoxy) is 1. The van der Waals surface area contributed by atoms with E-state index in [1.54, 1.807) is 0 Å². The highest BCUT2D eigenvalue weighted by atomic mass is 16.5. The maximum Gasteiger partial charge on any atom is 0.233 e. The lowest BCUT2D eigenvalue weighted by Crippen LogP contribution is -2.34. The Balaban J connectivity index is 1.91. The van der Waals surface area contributed by atoms with E-state index in [1.807, 2.05) is 12.2 Å². The first-order valence-electron chi connectivity index (χ1n) is 5.94. The summed E-state index contributed by atoms with van der Waals surface area (Å²) in [6.45, 7) is 0.789. The van der Waals surface area contributed by atoms with Gasteiger partial charge in [0.2, 0.25) is 11.8 Å². The first kappa shape index (κ1) is 12.3. The minimum Gasteiger partial charge on any atom is -0.394 e. The van der Waals surface area contributed by atoms with E-state index in [-0.39, 0.29) is 36.9 Å². The van der Waals surface area contributed by atoms with Crippen LogP contribution >= 0.6 is 0 Å². The van der Waals surface area contributed by atoms with Crippen molar-refractivity contribution in [1.29, 1.82) is 0 Å². The molecule has 0 saturated carbocycles. The van der Waals surface area contributed by atoms with Crippen LogP contribution in [0.15, 0.2) is 12.2 Å². The summed E-state index contributed by atoms with van der Waals surface area (Å²) in [6.07, 6.45) is 5.28. The highest BCUT2D eigenvalue weighted by Crippen LogP contribution is 2.34. The number of hydrogen-bond acceptors (Lipinski definition) is 4.